The minimum Gasteiger partial charge on any atom is -0.396 e. The maximum Gasteiger partial charge on any atom is 0.222 e. The van der Waals surface area contributed by atoms with Gasteiger partial charge in [0, 0.05) is 25.7 Å². The third-order valence-corrected chi connectivity index (χ3v) is 10.3. The third-order valence-electron chi connectivity index (χ3n) is 10.3. The first-order chi connectivity index (χ1) is 18.9. The molecular weight excluding hydrogens is 498 g/mol. The molecule has 40 heavy (non-hydrogen) atoms. The Morgan fingerprint density at radius 3 is 2.67 bits per heavy atom. The molecule has 5 nitrogen and oxygen atoms in total. The van der Waals surface area contributed by atoms with Gasteiger partial charge in [-0.05, 0) is 113 Å². The topological polar surface area (TPSA) is 78.8 Å². The Bertz CT molecular complexity index is 900. The van der Waals surface area contributed by atoms with Crippen LogP contribution in [0.25, 0.3) is 0 Å². The van der Waals surface area contributed by atoms with Crippen LogP contribution in [0.15, 0.2) is 35.5 Å². The fourth-order valence-corrected chi connectivity index (χ4v) is 7.83. The van der Waals surface area contributed by atoms with Gasteiger partial charge in [-0.3, -0.25) is 4.79 Å². The highest BCUT2D eigenvalue weighted by Gasteiger charge is 2.50. The number of aliphatic hydroxyl groups excluding tert-OH is 1. The van der Waals surface area contributed by atoms with Crippen LogP contribution < -0.4 is 5.32 Å². The number of hydrogen-bond acceptors (Lipinski definition) is 4. The highest BCUT2D eigenvalue weighted by atomic mass is 16.5. The van der Waals surface area contributed by atoms with Crippen LogP contribution in [-0.2, 0) is 9.53 Å². The van der Waals surface area contributed by atoms with Gasteiger partial charge in [0.15, 0.2) is 0 Å². The summed E-state index contributed by atoms with van der Waals surface area (Å²) in [6.45, 7) is 16.4. The predicted octanol–water partition coefficient (Wildman–Crippen LogP) is 7.28. The van der Waals surface area contributed by atoms with Gasteiger partial charge in [0.2, 0.25) is 5.91 Å². The van der Waals surface area contributed by atoms with E-state index < -0.39 is 5.60 Å². The molecule has 0 aliphatic heterocycles. The van der Waals surface area contributed by atoms with Crippen LogP contribution in [-0.4, -0.2) is 47.6 Å². The molecule has 0 radical (unpaired) electrons. The first kappa shape index (κ1) is 33.1. The lowest BCUT2D eigenvalue weighted by Crippen LogP contribution is -2.36. The summed E-state index contributed by atoms with van der Waals surface area (Å²) in [7, 11) is 0. The Morgan fingerprint density at radius 1 is 1.18 bits per heavy atom. The van der Waals surface area contributed by atoms with E-state index in [1.807, 2.05) is 20.8 Å². The summed E-state index contributed by atoms with van der Waals surface area (Å²) in [6, 6.07) is 0. The number of nitrogens with one attached hydrogen (secondary N) is 1. The maximum absolute atomic E-state index is 12.0. The van der Waals surface area contributed by atoms with Crippen LogP contribution in [0, 0.1) is 29.1 Å². The summed E-state index contributed by atoms with van der Waals surface area (Å²) in [5.74, 6) is 2.04. The maximum atomic E-state index is 12.0. The second kappa shape index (κ2) is 15.2. The van der Waals surface area contributed by atoms with Gasteiger partial charge < -0.3 is 20.3 Å². The van der Waals surface area contributed by atoms with E-state index in [0.717, 1.165) is 44.4 Å². The molecule has 6 atom stereocenters. The number of carbonyl (C=O) groups is 1. The molecule has 3 aliphatic rings. The lowest BCUT2D eigenvalue weighted by Gasteiger charge is -2.44. The lowest BCUT2D eigenvalue weighted by molar-refractivity contribution is -0.125. The molecule has 3 fully saturated rings. The fourth-order valence-electron chi connectivity index (χ4n) is 7.83. The number of hydrogen-bond donors (Lipinski definition) is 3. The second-order valence-corrected chi connectivity index (χ2v) is 14.1. The summed E-state index contributed by atoms with van der Waals surface area (Å²) >= 11 is 0. The molecule has 1 amide bonds. The highest BCUT2D eigenvalue weighted by Crippen LogP contribution is 2.60. The number of allylic oxidation sites excluding steroid dienone is 4. The lowest BCUT2D eigenvalue weighted by atomic mass is 9.60. The molecule has 0 aromatic heterocycles. The Morgan fingerprint density at radius 2 is 1.95 bits per heavy atom. The monoisotopic (exact) mass is 557 g/mol. The van der Waals surface area contributed by atoms with E-state index >= 15 is 0 Å². The van der Waals surface area contributed by atoms with Crippen LogP contribution in [0.3, 0.4) is 0 Å². The number of ether oxygens (including phenoxy) is 1. The van der Waals surface area contributed by atoms with E-state index in [4.69, 9.17) is 9.84 Å². The van der Waals surface area contributed by atoms with Gasteiger partial charge in [0.25, 0.3) is 0 Å². The molecule has 0 heterocycles. The Balaban J connectivity index is 1.52. The first-order valence-electron chi connectivity index (χ1n) is 16.2. The molecule has 3 rings (SSSR count). The van der Waals surface area contributed by atoms with Gasteiger partial charge in [-0.15, -0.1) is 0 Å². The molecule has 228 valence electrons. The van der Waals surface area contributed by atoms with Crippen LogP contribution in [0.4, 0.5) is 0 Å². The van der Waals surface area contributed by atoms with E-state index in [9.17, 15) is 9.90 Å². The third kappa shape index (κ3) is 9.29. The molecule has 4 unspecified atom stereocenters. The van der Waals surface area contributed by atoms with Crippen LogP contribution >= 0.6 is 0 Å². The Labute approximate surface area is 244 Å². The van der Waals surface area contributed by atoms with E-state index in [-0.39, 0.29) is 24.5 Å². The molecule has 0 bridgehead atoms. The summed E-state index contributed by atoms with van der Waals surface area (Å²) < 4.78 is 6.21. The number of carbonyl (C=O) groups excluding carboxylic acids is 1. The Hall–Kier alpha value is -1.43. The van der Waals surface area contributed by atoms with Crippen molar-refractivity contribution in [1.82, 2.24) is 5.32 Å². The number of fused-ring (bicyclic) bond motifs is 1. The summed E-state index contributed by atoms with van der Waals surface area (Å²) in [5.41, 5.74) is 4.09. The zero-order valence-electron chi connectivity index (χ0n) is 26.3. The predicted molar refractivity (Wildman–Crippen MR) is 165 cm³/mol. The normalized spacial score (nSPS) is 30.9. The summed E-state index contributed by atoms with van der Waals surface area (Å²) in [6.07, 6.45) is 19.0. The molecule has 3 N–H and O–H groups in total. The van der Waals surface area contributed by atoms with E-state index in [2.05, 4.69) is 37.9 Å². The van der Waals surface area contributed by atoms with Crippen molar-refractivity contribution in [2.75, 3.05) is 19.8 Å². The summed E-state index contributed by atoms with van der Waals surface area (Å²) in [4.78, 5) is 12.0. The summed E-state index contributed by atoms with van der Waals surface area (Å²) in [5, 5.41) is 22.1. The average molecular weight is 558 g/mol. The average Bonchev–Trinajstić information content (AvgIpc) is 3.25. The molecule has 0 spiro atoms. The minimum absolute atomic E-state index is 0.00821. The van der Waals surface area contributed by atoms with Gasteiger partial charge >= 0.3 is 0 Å². The van der Waals surface area contributed by atoms with E-state index in [1.165, 1.54) is 49.7 Å². The fraction of sp³-hybridized carbons (Fsp3) is 0.800. The van der Waals surface area contributed by atoms with Crippen molar-refractivity contribution in [2.24, 2.45) is 29.1 Å². The van der Waals surface area contributed by atoms with E-state index in [0.29, 0.717) is 36.8 Å². The quantitative estimate of drug-likeness (QED) is 0.196. The molecule has 0 saturated heterocycles. The zero-order chi connectivity index (χ0) is 29.3. The zero-order valence-corrected chi connectivity index (χ0v) is 26.3. The molecule has 0 aromatic rings. The number of aliphatic hydroxyl groups is 2. The molecule has 3 aliphatic carbocycles. The Kier molecular flexibility index (Phi) is 12.5. The largest absolute Gasteiger partial charge is 0.396 e. The van der Waals surface area contributed by atoms with E-state index in [1.54, 1.807) is 5.57 Å². The van der Waals surface area contributed by atoms with Gasteiger partial charge in [-0.25, -0.2) is 0 Å². The van der Waals surface area contributed by atoms with Crippen molar-refractivity contribution in [1.29, 1.82) is 0 Å². The van der Waals surface area contributed by atoms with Crippen molar-refractivity contribution < 1.29 is 19.7 Å². The van der Waals surface area contributed by atoms with Crippen LogP contribution in [0.5, 0.6) is 0 Å². The standard InChI is InChI=1S/C35H59NO4/c1-25-12-15-30(40-23-9-21-36-33(38)27(3)18-22-37)24-29(25)14-13-28-11-8-20-35(6)31(16-17-32(28)35)26(2)10-7-19-34(4,5)39/h13-14,26-27,30-32,37,39H,1,7-12,15-24H2,2-6H3,(H,36,38)/b28-13+,29-14-/t26-,27?,30+,31?,32?,35?/m1/s1. The molecule has 3 saturated carbocycles. The second-order valence-electron chi connectivity index (χ2n) is 14.1. The minimum atomic E-state index is -0.555. The van der Waals surface area contributed by atoms with Gasteiger partial charge in [-0.1, -0.05) is 63.5 Å². The van der Waals surface area contributed by atoms with Crippen LogP contribution in [0.1, 0.15) is 118 Å². The van der Waals surface area contributed by atoms with Gasteiger partial charge in [-0.2, -0.15) is 0 Å². The van der Waals surface area contributed by atoms with Crippen molar-refractivity contribution >= 4 is 5.91 Å². The highest BCUT2D eigenvalue weighted by molar-refractivity contribution is 5.78. The molecule has 5 heteroatoms. The van der Waals surface area contributed by atoms with Crippen molar-refractivity contribution in [2.45, 2.75) is 130 Å². The first-order valence-corrected chi connectivity index (χ1v) is 16.2. The van der Waals surface area contributed by atoms with Crippen LogP contribution in [0.2, 0.25) is 0 Å². The van der Waals surface area contributed by atoms with Gasteiger partial charge in [0.1, 0.15) is 0 Å². The smallest absolute Gasteiger partial charge is 0.222 e. The molecular formula is C35H59NO4. The number of rotatable bonds is 14. The molecule has 0 aromatic carbocycles. The van der Waals surface area contributed by atoms with Crippen molar-refractivity contribution in [3.8, 4) is 0 Å². The van der Waals surface area contributed by atoms with Gasteiger partial charge in [0.05, 0.1) is 11.7 Å². The number of amides is 1. The SMILES string of the molecule is C=C1CC[C@H](OCCCNC(=O)C(C)CCO)C/C1=C/C=C1\CCCC2(C)C1CCC2[C@H](C)CCCC(C)(C)O. The van der Waals surface area contributed by atoms with Crippen molar-refractivity contribution in [3.63, 3.8) is 0 Å². The van der Waals surface area contributed by atoms with Crippen molar-refractivity contribution in [3.05, 3.63) is 35.5 Å².